The van der Waals surface area contributed by atoms with Crippen LogP contribution in [0.2, 0.25) is 0 Å². The third kappa shape index (κ3) is 2.74. The van der Waals surface area contributed by atoms with Crippen molar-refractivity contribution in [2.75, 3.05) is 17.7 Å². The molecule has 0 spiro atoms. The van der Waals surface area contributed by atoms with E-state index in [1.54, 1.807) is 49.6 Å². The molecule has 116 valence electrons. The van der Waals surface area contributed by atoms with Crippen LogP contribution in [0.25, 0.3) is 0 Å². The fourth-order valence-electron chi connectivity index (χ4n) is 2.19. The lowest BCUT2D eigenvalue weighted by atomic mass is 10.1. The van der Waals surface area contributed by atoms with Gasteiger partial charge >= 0.3 is 0 Å². The van der Waals surface area contributed by atoms with Crippen LogP contribution in [0.5, 0.6) is 11.5 Å². The molecule has 0 aliphatic heterocycles. The Morgan fingerprint density at radius 2 is 1.61 bits per heavy atom. The number of benzene rings is 2. The molecule has 0 aliphatic carbocycles. The lowest BCUT2D eigenvalue weighted by molar-refractivity contribution is 0.415. The van der Waals surface area contributed by atoms with E-state index in [9.17, 15) is 14.7 Å². The second-order valence-corrected chi connectivity index (χ2v) is 4.91. The molecule has 0 atom stereocenters. The monoisotopic (exact) mass is 310 g/mol. The summed E-state index contributed by atoms with van der Waals surface area (Å²) >= 11 is 0. The number of methoxy groups -OCH3 is 1. The second-order valence-electron chi connectivity index (χ2n) is 4.91. The maximum absolute atomic E-state index is 11.8. The lowest BCUT2D eigenvalue weighted by Crippen LogP contribution is -2.35. The van der Waals surface area contributed by atoms with Crippen molar-refractivity contribution in [1.82, 2.24) is 0 Å². The highest BCUT2D eigenvalue weighted by Gasteiger charge is 2.22. The molecule has 0 unspecified atom stereocenters. The molecule has 6 nitrogen and oxygen atoms in total. The summed E-state index contributed by atoms with van der Waals surface area (Å²) in [5.74, 6) is 0.622. The highest BCUT2D eigenvalue weighted by Crippen LogP contribution is 2.29. The summed E-state index contributed by atoms with van der Waals surface area (Å²) < 4.78 is 5.12. The Labute approximate surface area is 131 Å². The maximum atomic E-state index is 11.8. The average Bonchev–Trinajstić information content (AvgIpc) is 2.59. The number of hydrogen-bond donors (Lipinski definition) is 3. The smallest absolute Gasteiger partial charge is 0.253 e. The number of phenols is 1. The van der Waals surface area contributed by atoms with Gasteiger partial charge < -0.3 is 20.5 Å². The van der Waals surface area contributed by atoms with Gasteiger partial charge in [-0.05, 0) is 24.3 Å². The molecule has 6 heteroatoms. The number of ether oxygens (including phenoxy) is 1. The Bertz CT molecular complexity index is 926. The van der Waals surface area contributed by atoms with E-state index in [1.807, 2.05) is 0 Å². The van der Waals surface area contributed by atoms with Gasteiger partial charge in [-0.3, -0.25) is 9.59 Å². The van der Waals surface area contributed by atoms with E-state index in [-0.39, 0.29) is 17.1 Å². The SMILES string of the molecule is COc1cccc(Nc2c(Nc3ccccc3O)c(=O)c2=O)c1. The van der Waals surface area contributed by atoms with E-state index in [0.29, 0.717) is 17.1 Å². The van der Waals surface area contributed by atoms with E-state index in [1.165, 1.54) is 6.07 Å². The molecule has 3 rings (SSSR count). The van der Waals surface area contributed by atoms with Crippen LogP contribution < -0.4 is 26.2 Å². The average molecular weight is 310 g/mol. The van der Waals surface area contributed by atoms with Crippen LogP contribution in [-0.2, 0) is 0 Å². The topological polar surface area (TPSA) is 87.7 Å². The van der Waals surface area contributed by atoms with E-state index in [0.717, 1.165) is 0 Å². The Hall–Kier alpha value is -3.28. The third-order valence-electron chi connectivity index (χ3n) is 3.41. The zero-order valence-electron chi connectivity index (χ0n) is 12.3. The largest absolute Gasteiger partial charge is 0.506 e. The van der Waals surface area contributed by atoms with E-state index in [2.05, 4.69) is 10.6 Å². The fourth-order valence-corrected chi connectivity index (χ4v) is 2.19. The summed E-state index contributed by atoms with van der Waals surface area (Å²) in [5.41, 5.74) is 0.0280. The van der Waals surface area contributed by atoms with Crippen LogP contribution in [0, 0.1) is 0 Å². The van der Waals surface area contributed by atoms with Crippen molar-refractivity contribution in [1.29, 1.82) is 0 Å². The maximum Gasteiger partial charge on any atom is 0.253 e. The summed E-state index contributed by atoms with van der Waals surface area (Å²) in [6.07, 6.45) is 0. The Morgan fingerprint density at radius 3 is 2.30 bits per heavy atom. The molecule has 23 heavy (non-hydrogen) atoms. The van der Waals surface area contributed by atoms with Crippen LogP contribution in [0.3, 0.4) is 0 Å². The molecule has 0 saturated heterocycles. The molecule has 0 heterocycles. The quantitative estimate of drug-likeness (QED) is 0.496. The van der Waals surface area contributed by atoms with Crippen LogP contribution in [0.4, 0.5) is 22.7 Å². The number of aromatic hydroxyl groups is 1. The molecule has 0 radical (unpaired) electrons. The minimum absolute atomic E-state index is 0.00659. The number of anilines is 4. The van der Waals surface area contributed by atoms with E-state index >= 15 is 0 Å². The van der Waals surface area contributed by atoms with Crippen molar-refractivity contribution in [3.63, 3.8) is 0 Å². The minimum atomic E-state index is -0.626. The Morgan fingerprint density at radius 1 is 0.913 bits per heavy atom. The molecule has 0 fully saturated rings. The van der Waals surface area contributed by atoms with E-state index in [4.69, 9.17) is 4.74 Å². The van der Waals surface area contributed by atoms with Gasteiger partial charge in [-0.2, -0.15) is 0 Å². The molecule has 3 aromatic rings. The van der Waals surface area contributed by atoms with Crippen molar-refractivity contribution in [3.05, 3.63) is 69.0 Å². The molecule has 0 saturated carbocycles. The summed E-state index contributed by atoms with van der Waals surface area (Å²) in [6.45, 7) is 0. The highest BCUT2D eigenvalue weighted by molar-refractivity contribution is 5.83. The van der Waals surface area contributed by atoms with Gasteiger partial charge in [-0.15, -0.1) is 0 Å². The van der Waals surface area contributed by atoms with Gasteiger partial charge in [0.1, 0.15) is 22.9 Å². The van der Waals surface area contributed by atoms with Crippen molar-refractivity contribution >= 4 is 22.7 Å². The lowest BCUT2D eigenvalue weighted by Gasteiger charge is -2.15. The Balaban J connectivity index is 1.90. The number of para-hydroxylation sites is 2. The number of phenolic OH excluding ortho intramolecular Hbond substituents is 1. The molecular formula is C17H14N2O4. The fraction of sp³-hybridized carbons (Fsp3) is 0.0588. The predicted octanol–water partition coefficient (Wildman–Crippen LogP) is 2.48. The first-order valence-corrected chi connectivity index (χ1v) is 6.89. The standard InChI is InChI=1S/C17H14N2O4/c1-23-11-6-4-5-10(9-11)18-14-15(17(22)16(14)21)19-12-7-2-3-8-13(12)20/h2-9,18-20H,1H3. The van der Waals surface area contributed by atoms with Gasteiger partial charge in [0.05, 0.1) is 12.8 Å². The molecule has 0 amide bonds. The molecule has 0 bridgehead atoms. The predicted molar refractivity (Wildman–Crippen MR) is 89.0 cm³/mol. The van der Waals surface area contributed by atoms with Crippen LogP contribution in [0.1, 0.15) is 0 Å². The van der Waals surface area contributed by atoms with Gasteiger partial charge in [0.2, 0.25) is 0 Å². The zero-order valence-corrected chi connectivity index (χ0v) is 12.3. The molecule has 3 N–H and O–H groups in total. The van der Waals surface area contributed by atoms with Gasteiger partial charge in [-0.25, -0.2) is 0 Å². The van der Waals surface area contributed by atoms with Gasteiger partial charge in [-0.1, -0.05) is 18.2 Å². The molecule has 3 aromatic carbocycles. The van der Waals surface area contributed by atoms with Crippen molar-refractivity contribution in [2.45, 2.75) is 0 Å². The number of rotatable bonds is 5. The first-order chi connectivity index (χ1) is 11.1. The van der Waals surface area contributed by atoms with Crippen LogP contribution >= 0.6 is 0 Å². The number of nitrogens with one attached hydrogen (secondary N) is 2. The molecule has 0 aromatic heterocycles. The van der Waals surface area contributed by atoms with Gasteiger partial charge in [0, 0.05) is 11.8 Å². The summed E-state index contributed by atoms with van der Waals surface area (Å²) in [7, 11) is 1.54. The first-order valence-electron chi connectivity index (χ1n) is 6.89. The number of hydrogen-bond acceptors (Lipinski definition) is 6. The highest BCUT2D eigenvalue weighted by atomic mass is 16.5. The van der Waals surface area contributed by atoms with Crippen molar-refractivity contribution in [3.8, 4) is 11.5 Å². The summed E-state index contributed by atoms with van der Waals surface area (Å²) in [4.78, 5) is 23.6. The van der Waals surface area contributed by atoms with Gasteiger partial charge in [0.25, 0.3) is 10.9 Å². The first kappa shape index (κ1) is 14.6. The van der Waals surface area contributed by atoms with Crippen molar-refractivity contribution < 1.29 is 9.84 Å². The minimum Gasteiger partial charge on any atom is -0.506 e. The molecule has 0 aliphatic rings. The zero-order chi connectivity index (χ0) is 16.4. The second kappa shape index (κ2) is 5.84. The molecular weight excluding hydrogens is 296 g/mol. The Kier molecular flexibility index (Phi) is 3.72. The van der Waals surface area contributed by atoms with Gasteiger partial charge in [0.15, 0.2) is 0 Å². The van der Waals surface area contributed by atoms with Crippen LogP contribution in [-0.4, -0.2) is 12.2 Å². The van der Waals surface area contributed by atoms with Crippen LogP contribution in [0.15, 0.2) is 58.1 Å². The van der Waals surface area contributed by atoms with E-state index < -0.39 is 10.9 Å². The van der Waals surface area contributed by atoms with Crippen molar-refractivity contribution in [2.24, 2.45) is 0 Å². The summed E-state index contributed by atoms with van der Waals surface area (Å²) in [6, 6.07) is 13.5. The summed E-state index contributed by atoms with van der Waals surface area (Å²) in [5, 5.41) is 15.5. The third-order valence-corrected chi connectivity index (χ3v) is 3.41. The normalized spacial score (nSPS) is 10.5.